The molecule has 156 valence electrons. The van der Waals surface area contributed by atoms with E-state index in [1.165, 1.54) is 4.90 Å². The fourth-order valence-electron chi connectivity index (χ4n) is 6.74. The molecule has 0 N–H and O–H groups in total. The first-order valence-corrected chi connectivity index (χ1v) is 11.5. The number of rotatable bonds is 4. The van der Waals surface area contributed by atoms with Gasteiger partial charge >= 0.3 is 0 Å². The molecule has 1 aromatic rings. The Bertz CT molecular complexity index is 884. The lowest BCUT2D eigenvalue weighted by Gasteiger charge is -2.37. The molecule has 0 spiro atoms. The molecule has 5 heteroatoms. The number of amides is 3. The molecule has 7 unspecified atom stereocenters. The third-order valence-corrected chi connectivity index (χ3v) is 8.23. The Balaban J connectivity index is 1.34. The summed E-state index contributed by atoms with van der Waals surface area (Å²) in [6, 6.07) is 9.09. The van der Waals surface area contributed by atoms with Gasteiger partial charge in [0.2, 0.25) is 17.7 Å². The van der Waals surface area contributed by atoms with Crippen LogP contribution in [0.25, 0.3) is 0 Å². The molecule has 0 radical (unpaired) electrons. The number of nitrogens with zero attached hydrogens (tertiary/aromatic N) is 2. The Morgan fingerprint density at radius 2 is 1.50 bits per heavy atom. The highest BCUT2D eigenvalue weighted by Gasteiger charge is 2.68. The molecular formula is C25H28N2O3. The van der Waals surface area contributed by atoms with Gasteiger partial charge in [0.15, 0.2) is 0 Å². The van der Waals surface area contributed by atoms with Crippen LogP contribution in [0.1, 0.15) is 31.2 Å². The molecule has 3 amide bonds. The predicted molar refractivity (Wildman–Crippen MR) is 111 cm³/mol. The van der Waals surface area contributed by atoms with Crippen LogP contribution in [-0.4, -0.2) is 46.7 Å². The first kappa shape index (κ1) is 18.3. The molecule has 6 aliphatic rings. The summed E-state index contributed by atoms with van der Waals surface area (Å²) in [6.07, 6.45) is 9.05. The molecule has 2 saturated carbocycles. The van der Waals surface area contributed by atoms with Gasteiger partial charge in [0.25, 0.3) is 0 Å². The fraction of sp³-hybridized carbons (Fsp3) is 0.560. The normalized spacial score (nSPS) is 37.2. The molecule has 5 nitrogen and oxygen atoms in total. The minimum absolute atomic E-state index is 0.0515. The number of piperidine rings is 1. The molecule has 2 bridgehead atoms. The second kappa shape index (κ2) is 6.79. The van der Waals surface area contributed by atoms with E-state index in [1.807, 2.05) is 35.2 Å². The zero-order chi connectivity index (χ0) is 20.4. The average Bonchev–Trinajstić information content (AvgIpc) is 3.57. The Morgan fingerprint density at radius 3 is 2.10 bits per heavy atom. The molecule has 4 fully saturated rings. The monoisotopic (exact) mass is 404 g/mol. The summed E-state index contributed by atoms with van der Waals surface area (Å²) < 4.78 is 0. The second-order valence-corrected chi connectivity index (χ2v) is 9.79. The van der Waals surface area contributed by atoms with E-state index in [-0.39, 0.29) is 41.4 Å². The van der Waals surface area contributed by atoms with Crippen LogP contribution >= 0.6 is 0 Å². The highest BCUT2D eigenvalue weighted by molar-refractivity contribution is 6.09. The number of carbonyl (C=O) groups is 3. The highest BCUT2D eigenvalue weighted by Crippen LogP contribution is 2.65. The number of hydrogen-bond donors (Lipinski definition) is 0. The van der Waals surface area contributed by atoms with Crippen molar-refractivity contribution in [3.8, 4) is 0 Å². The molecular weight excluding hydrogens is 376 g/mol. The van der Waals surface area contributed by atoms with Crippen molar-refractivity contribution in [1.82, 2.24) is 9.80 Å². The van der Waals surface area contributed by atoms with E-state index in [9.17, 15) is 14.4 Å². The molecule has 7 rings (SSSR count). The summed E-state index contributed by atoms with van der Waals surface area (Å²) in [7, 11) is 0. The van der Waals surface area contributed by atoms with E-state index in [0.29, 0.717) is 18.3 Å². The predicted octanol–water partition coefficient (Wildman–Crippen LogP) is 2.66. The van der Waals surface area contributed by atoms with E-state index in [4.69, 9.17) is 0 Å². The van der Waals surface area contributed by atoms with Crippen LogP contribution in [0.3, 0.4) is 0 Å². The van der Waals surface area contributed by atoms with Gasteiger partial charge in [0, 0.05) is 19.5 Å². The van der Waals surface area contributed by atoms with Gasteiger partial charge in [-0.3, -0.25) is 19.3 Å². The zero-order valence-corrected chi connectivity index (χ0v) is 17.2. The van der Waals surface area contributed by atoms with Gasteiger partial charge in [0.1, 0.15) is 6.04 Å². The molecule has 7 atom stereocenters. The maximum absolute atomic E-state index is 13.6. The highest BCUT2D eigenvalue weighted by atomic mass is 16.2. The van der Waals surface area contributed by atoms with Crippen LogP contribution in [-0.2, 0) is 20.8 Å². The molecule has 30 heavy (non-hydrogen) atoms. The Hall–Kier alpha value is -2.43. The van der Waals surface area contributed by atoms with Crippen molar-refractivity contribution in [1.29, 1.82) is 0 Å². The van der Waals surface area contributed by atoms with Gasteiger partial charge < -0.3 is 4.90 Å². The summed E-state index contributed by atoms with van der Waals surface area (Å²) in [6.45, 7) is 1.45. The molecule has 2 heterocycles. The Labute approximate surface area is 177 Å². The van der Waals surface area contributed by atoms with Gasteiger partial charge in [-0.25, -0.2) is 0 Å². The summed E-state index contributed by atoms with van der Waals surface area (Å²) in [5.41, 5.74) is 0.993. The van der Waals surface area contributed by atoms with Crippen LogP contribution in [0, 0.1) is 35.5 Å². The summed E-state index contributed by atoms with van der Waals surface area (Å²) in [5.74, 6) is 0.785. The van der Waals surface area contributed by atoms with Crippen LogP contribution in [0.5, 0.6) is 0 Å². The van der Waals surface area contributed by atoms with E-state index < -0.39 is 6.04 Å². The maximum Gasteiger partial charge on any atom is 0.246 e. The lowest BCUT2D eigenvalue weighted by molar-refractivity contribution is -0.152. The lowest BCUT2D eigenvalue weighted by atomic mass is 9.63. The van der Waals surface area contributed by atoms with Crippen LogP contribution in [0.4, 0.5) is 0 Å². The fourth-order valence-corrected chi connectivity index (χ4v) is 6.74. The Morgan fingerprint density at radius 1 is 0.900 bits per heavy atom. The van der Waals surface area contributed by atoms with Gasteiger partial charge in [0.05, 0.1) is 11.8 Å². The minimum atomic E-state index is -0.716. The first-order valence-electron chi connectivity index (χ1n) is 11.5. The second-order valence-electron chi connectivity index (χ2n) is 9.79. The molecule has 2 aliphatic heterocycles. The number of carbonyl (C=O) groups excluding carboxylic acids is 3. The van der Waals surface area contributed by atoms with Crippen molar-refractivity contribution in [2.24, 2.45) is 35.5 Å². The average molecular weight is 405 g/mol. The van der Waals surface area contributed by atoms with Crippen LogP contribution in [0.2, 0.25) is 0 Å². The number of imide groups is 1. The number of allylic oxidation sites excluding steroid dienone is 2. The van der Waals surface area contributed by atoms with E-state index in [2.05, 4.69) is 12.2 Å². The third-order valence-electron chi connectivity index (χ3n) is 8.23. The largest absolute Gasteiger partial charge is 0.341 e. The van der Waals surface area contributed by atoms with Crippen molar-refractivity contribution in [2.45, 2.75) is 38.1 Å². The SMILES string of the molecule is O=C(C(Cc1ccccc1)N1C(=O)C2C3C=CC(C4CC34)C2C1=O)N1CCCCC1. The smallest absolute Gasteiger partial charge is 0.246 e. The van der Waals surface area contributed by atoms with E-state index in [1.54, 1.807) is 0 Å². The van der Waals surface area contributed by atoms with Gasteiger partial charge in [-0.15, -0.1) is 0 Å². The quantitative estimate of drug-likeness (QED) is 0.573. The topological polar surface area (TPSA) is 57.7 Å². The molecule has 4 aliphatic carbocycles. The Kier molecular flexibility index (Phi) is 4.15. The van der Waals surface area contributed by atoms with Gasteiger partial charge in [-0.05, 0) is 54.9 Å². The standard InChI is InChI=1S/C25H28N2O3/c28-23(26-11-5-2-6-12-26)20(13-15-7-3-1-4-8-15)27-24(29)21-16-9-10-17(19-14-18(16)19)22(21)25(27)30/h1,3-4,7-10,16-22H,2,5-6,11-14H2. The van der Waals surface area contributed by atoms with Crippen molar-refractivity contribution < 1.29 is 14.4 Å². The first-order chi connectivity index (χ1) is 14.6. The van der Waals surface area contributed by atoms with Crippen molar-refractivity contribution in [2.75, 3.05) is 13.1 Å². The minimum Gasteiger partial charge on any atom is -0.341 e. The summed E-state index contributed by atoms with van der Waals surface area (Å²) in [5, 5.41) is 0. The van der Waals surface area contributed by atoms with Gasteiger partial charge in [-0.2, -0.15) is 0 Å². The van der Waals surface area contributed by atoms with E-state index >= 15 is 0 Å². The third kappa shape index (κ3) is 2.63. The number of likely N-dealkylation sites (tertiary alicyclic amines) is 2. The molecule has 0 aromatic heterocycles. The number of benzene rings is 1. The maximum atomic E-state index is 13.6. The number of hydrogen-bond acceptors (Lipinski definition) is 3. The molecule has 1 aromatic carbocycles. The van der Waals surface area contributed by atoms with Crippen molar-refractivity contribution in [3.63, 3.8) is 0 Å². The summed E-state index contributed by atoms with van der Waals surface area (Å²) in [4.78, 5) is 44.1. The van der Waals surface area contributed by atoms with Crippen molar-refractivity contribution >= 4 is 17.7 Å². The van der Waals surface area contributed by atoms with Crippen LogP contribution < -0.4 is 0 Å². The summed E-state index contributed by atoms with van der Waals surface area (Å²) >= 11 is 0. The van der Waals surface area contributed by atoms with E-state index in [0.717, 1.165) is 44.3 Å². The zero-order valence-electron chi connectivity index (χ0n) is 17.2. The molecule has 2 saturated heterocycles. The van der Waals surface area contributed by atoms with Crippen molar-refractivity contribution in [3.05, 3.63) is 48.0 Å². The van der Waals surface area contributed by atoms with Gasteiger partial charge in [-0.1, -0.05) is 42.5 Å². The lowest BCUT2D eigenvalue weighted by Crippen LogP contribution is -2.53. The van der Waals surface area contributed by atoms with Crippen LogP contribution in [0.15, 0.2) is 42.5 Å².